The van der Waals surface area contributed by atoms with Crippen molar-refractivity contribution in [2.24, 2.45) is 0 Å². The fraction of sp³-hybridized carbons (Fsp3) is 0.0833. The lowest BCUT2D eigenvalue weighted by molar-refractivity contribution is 0.0947. The predicted molar refractivity (Wildman–Crippen MR) is 131 cm³/mol. The number of benzene rings is 3. The predicted octanol–water partition coefficient (Wildman–Crippen LogP) is 3.44. The first kappa shape index (κ1) is 24.2. The number of rotatable bonds is 7. The minimum absolute atomic E-state index is 0.0636. The number of hydrogen-bond donors (Lipinski definition) is 3. The Balaban J connectivity index is 1.59. The summed E-state index contributed by atoms with van der Waals surface area (Å²) in [5, 5.41) is 16.4. The lowest BCUT2D eigenvalue weighted by Crippen LogP contribution is -2.30. The van der Waals surface area contributed by atoms with Gasteiger partial charge < -0.3 is 15.2 Å². The third-order valence-corrected chi connectivity index (χ3v) is 5.51. The van der Waals surface area contributed by atoms with Gasteiger partial charge in [-0.05, 0) is 35.4 Å². The van der Waals surface area contributed by atoms with Gasteiger partial charge in [0.1, 0.15) is 11.9 Å². The molecule has 0 unspecified atom stereocenters. The summed E-state index contributed by atoms with van der Waals surface area (Å²) in [6.07, 6.45) is 0.945. The van der Waals surface area contributed by atoms with Crippen molar-refractivity contribution >= 4 is 29.1 Å². The maximum Gasteiger partial charge on any atom is 0.349 e. The summed E-state index contributed by atoms with van der Waals surface area (Å²) >= 11 is 12.7. The second-order valence-corrected chi connectivity index (χ2v) is 8.15. The number of H-pyrrole nitrogens is 1. The SMILES string of the molecule is O=C(NCc1ccccc1)c1cc(Oc2c(Cl)cc(-n3ncc(=O)[nH]c3=O)cc2Cl)ccc1CO. The number of aromatic nitrogens is 3. The van der Waals surface area contributed by atoms with Gasteiger partial charge in [0.05, 0.1) is 22.3 Å². The summed E-state index contributed by atoms with van der Waals surface area (Å²) in [4.78, 5) is 38.2. The molecule has 0 fully saturated rings. The number of hydrogen-bond acceptors (Lipinski definition) is 6. The van der Waals surface area contributed by atoms with E-state index in [9.17, 15) is 19.5 Å². The van der Waals surface area contributed by atoms with Crippen molar-refractivity contribution in [3.63, 3.8) is 0 Å². The van der Waals surface area contributed by atoms with Crippen LogP contribution in [-0.4, -0.2) is 25.8 Å². The van der Waals surface area contributed by atoms with E-state index in [2.05, 4.69) is 15.4 Å². The smallest absolute Gasteiger partial charge is 0.349 e. The number of halogens is 2. The number of carbonyl (C=O) groups is 1. The Labute approximate surface area is 208 Å². The van der Waals surface area contributed by atoms with E-state index in [1.54, 1.807) is 12.1 Å². The molecule has 3 N–H and O–H groups in total. The van der Waals surface area contributed by atoms with Crippen LogP contribution in [-0.2, 0) is 13.2 Å². The van der Waals surface area contributed by atoms with Crippen LogP contribution in [0.2, 0.25) is 10.0 Å². The molecule has 0 saturated heterocycles. The molecule has 0 atom stereocenters. The molecule has 11 heteroatoms. The van der Waals surface area contributed by atoms with Crippen LogP contribution in [0.1, 0.15) is 21.5 Å². The topological polar surface area (TPSA) is 126 Å². The minimum atomic E-state index is -0.760. The van der Waals surface area contributed by atoms with Gasteiger partial charge in [-0.25, -0.2) is 4.79 Å². The van der Waals surface area contributed by atoms with Gasteiger partial charge in [-0.15, -0.1) is 0 Å². The number of amides is 1. The maximum atomic E-state index is 12.8. The van der Waals surface area contributed by atoms with E-state index in [1.807, 2.05) is 30.3 Å². The fourth-order valence-electron chi connectivity index (χ4n) is 3.26. The van der Waals surface area contributed by atoms with Crippen molar-refractivity contribution in [3.05, 3.63) is 114 Å². The summed E-state index contributed by atoms with van der Waals surface area (Å²) in [5.41, 5.74) is 0.383. The van der Waals surface area contributed by atoms with E-state index in [-0.39, 0.29) is 45.3 Å². The van der Waals surface area contributed by atoms with Gasteiger partial charge >= 0.3 is 5.69 Å². The minimum Gasteiger partial charge on any atom is -0.454 e. The van der Waals surface area contributed by atoms with Crippen LogP contribution >= 0.6 is 23.2 Å². The summed E-state index contributed by atoms with van der Waals surface area (Å²) in [6, 6.07) is 16.8. The molecule has 1 heterocycles. The number of aromatic amines is 1. The quantitative estimate of drug-likeness (QED) is 0.348. The summed E-state index contributed by atoms with van der Waals surface area (Å²) in [6.45, 7) is -0.0294. The van der Waals surface area contributed by atoms with E-state index in [0.717, 1.165) is 16.4 Å². The van der Waals surface area contributed by atoms with Crippen LogP contribution in [0.15, 0.2) is 76.4 Å². The zero-order valence-corrected chi connectivity index (χ0v) is 19.5. The van der Waals surface area contributed by atoms with Crippen molar-refractivity contribution in [1.82, 2.24) is 20.1 Å². The highest BCUT2D eigenvalue weighted by Gasteiger charge is 2.17. The highest BCUT2D eigenvalue weighted by molar-refractivity contribution is 6.37. The Morgan fingerprint density at radius 3 is 2.43 bits per heavy atom. The monoisotopic (exact) mass is 512 g/mol. The molecule has 0 aliphatic rings. The second-order valence-electron chi connectivity index (χ2n) is 7.34. The Hall–Kier alpha value is -3.92. The Morgan fingerprint density at radius 1 is 1.06 bits per heavy atom. The normalized spacial score (nSPS) is 10.7. The largest absolute Gasteiger partial charge is 0.454 e. The van der Waals surface area contributed by atoms with Gasteiger partial charge in [0.15, 0.2) is 5.75 Å². The third kappa shape index (κ3) is 5.60. The summed E-state index contributed by atoms with van der Waals surface area (Å²) < 4.78 is 6.77. The second kappa shape index (κ2) is 10.6. The van der Waals surface area contributed by atoms with Gasteiger partial charge in [-0.3, -0.25) is 14.6 Å². The lowest BCUT2D eigenvalue weighted by Gasteiger charge is -2.14. The molecular weight excluding hydrogens is 495 g/mol. The van der Waals surface area contributed by atoms with E-state index < -0.39 is 11.2 Å². The highest BCUT2D eigenvalue weighted by Crippen LogP contribution is 2.38. The van der Waals surface area contributed by atoms with E-state index in [0.29, 0.717) is 12.1 Å². The Kier molecular flexibility index (Phi) is 7.31. The van der Waals surface area contributed by atoms with Gasteiger partial charge in [0.25, 0.3) is 11.5 Å². The number of nitrogens with zero attached hydrogens (tertiary/aromatic N) is 2. The number of aliphatic hydroxyl groups is 1. The van der Waals surface area contributed by atoms with Gasteiger partial charge in [0.2, 0.25) is 0 Å². The Morgan fingerprint density at radius 2 is 1.77 bits per heavy atom. The lowest BCUT2D eigenvalue weighted by atomic mass is 10.1. The highest BCUT2D eigenvalue weighted by atomic mass is 35.5. The first-order valence-corrected chi connectivity index (χ1v) is 11.0. The van der Waals surface area contributed by atoms with Crippen molar-refractivity contribution in [2.45, 2.75) is 13.2 Å². The van der Waals surface area contributed by atoms with Crippen molar-refractivity contribution in [1.29, 1.82) is 0 Å². The van der Waals surface area contributed by atoms with E-state index in [1.165, 1.54) is 18.2 Å². The molecule has 0 radical (unpaired) electrons. The average molecular weight is 513 g/mol. The van der Waals surface area contributed by atoms with Gasteiger partial charge in [-0.2, -0.15) is 9.78 Å². The molecule has 35 heavy (non-hydrogen) atoms. The van der Waals surface area contributed by atoms with Gasteiger partial charge in [-0.1, -0.05) is 59.6 Å². The molecule has 0 saturated carbocycles. The molecule has 3 aromatic carbocycles. The van der Waals surface area contributed by atoms with Crippen molar-refractivity contribution < 1.29 is 14.6 Å². The third-order valence-electron chi connectivity index (χ3n) is 4.95. The first-order valence-electron chi connectivity index (χ1n) is 10.3. The van der Waals surface area contributed by atoms with Crippen LogP contribution in [0.4, 0.5) is 0 Å². The van der Waals surface area contributed by atoms with E-state index >= 15 is 0 Å². The molecule has 4 aromatic rings. The number of ether oxygens (including phenoxy) is 1. The van der Waals surface area contributed by atoms with Crippen LogP contribution < -0.4 is 21.3 Å². The average Bonchev–Trinajstić information content (AvgIpc) is 2.85. The van der Waals surface area contributed by atoms with Crippen molar-refractivity contribution in [3.8, 4) is 17.2 Å². The number of carbonyl (C=O) groups excluding carboxylic acids is 1. The summed E-state index contributed by atoms with van der Waals surface area (Å²) in [5.74, 6) is -0.0516. The van der Waals surface area contributed by atoms with E-state index in [4.69, 9.17) is 27.9 Å². The molecule has 1 amide bonds. The molecule has 0 aliphatic heterocycles. The molecule has 9 nitrogen and oxygen atoms in total. The Bertz CT molecular complexity index is 1480. The van der Waals surface area contributed by atoms with Crippen LogP contribution in [0.5, 0.6) is 11.5 Å². The maximum absolute atomic E-state index is 12.8. The molecule has 0 bridgehead atoms. The van der Waals surface area contributed by atoms with Gasteiger partial charge in [0, 0.05) is 12.1 Å². The molecule has 0 spiro atoms. The van der Waals surface area contributed by atoms with Crippen LogP contribution in [0, 0.1) is 0 Å². The van der Waals surface area contributed by atoms with Crippen LogP contribution in [0.3, 0.4) is 0 Å². The molecule has 0 aliphatic carbocycles. The number of nitrogens with one attached hydrogen (secondary N) is 2. The standard InChI is InChI=1S/C24H18Cl2N4O5/c25-19-8-16(30-24(34)29-21(32)12-28-30)9-20(26)22(19)35-17-7-6-15(13-31)18(10-17)23(33)27-11-14-4-2-1-3-5-14/h1-10,12,31H,11,13H2,(H,27,33)(H,29,32,34). The number of aliphatic hydroxyl groups excluding tert-OH is 1. The zero-order chi connectivity index (χ0) is 24.9. The molecular formula is C24H18Cl2N4O5. The van der Waals surface area contributed by atoms with Crippen molar-refractivity contribution in [2.75, 3.05) is 0 Å². The molecule has 4 rings (SSSR count). The first-order chi connectivity index (χ1) is 16.9. The molecule has 1 aromatic heterocycles. The van der Waals surface area contributed by atoms with Crippen LogP contribution in [0.25, 0.3) is 5.69 Å². The molecule has 178 valence electrons. The fourth-order valence-corrected chi connectivity index (χ4v) is 3.82. The summed E-state index contributed by atoms with van der Waals surface area (Å²) in [7, 11) is 0. The zero-order valence-electron chi connectivity index (χ0n) is 18.0.